The molecule has 0 spiro atoms. The van der Waals surface area contributed by atoms with Crippen molar-refractivity contribution in [1.29, 1.82) is 0 Å². The summed E-state index contributed by atoms with van der Waals surface area (Å²) in [7, 11) is -3.21. The van der Waals surface area contributed by atoms with Crippen LogP contribution in [0, 0.1) is 6.92 Å². The van der Waals surface area contributed by atoms with Crippen molar-refractivity contribution >= 4 is 39.8 Å². The molecule has 0 fully saturated rings. The number of aliphatic imine (C=N–C) groups is 1. The molecule has 0 unspecified atom stereocenters. The zero-order valence-corrected chi connectivity index (χ0v) is 21.0. The van der Waals surface area contributed by atoms with Crippen LogP contribution in [0.15, 0.2) is 70.8 Å². The predicted octanol–water partition coefficient (Wildman–Crippen LogP) is 3.46. The smallest absolute Gasteiger partial charge is 0.191 e. The van der Waals surface area contributed by atoms with Gasteiger partial charge in [0.2, 0.25) is 0 Å². The van der Waals surface area contributed by atoms with Gasteiger partial charge in [-0.15, -0.1) is 24.0 Å². The normalized spacial score (nSPS) is 11.6. The second-order valence-corrected chi connectivity index (χ2v) is 9.02. The minimum Gasteiger partial charge on any atom is -0.357 e. The van der Waals surface area contributed by atoms with E-state index in [1.54, 1.807) is 19.2 Å². The van der Waals surface area contributed by atoms with E-state index in [2.05, 4.69) is 32.9 Å². The molecule has 0 saturated carbocycles. The Bertz CT molecular complexity index is 1110. The zero-order valence-electron chi connectivity index (χ0n) is 17.9. The number of rotatable bonds is 7. The van der Waals surface area contributed by atoms with E-state index in [9.17, 15) is 8.42 Å². The first-order chi connectivity index (χ1) is 14.4. The first-order valence-electron chi connectivity index (χ1n) is 9.77. The average Bonchev–Trinajstić information content (AvgIpc) is 3.24. The van der Waals surface area contributed by atoms with Gasteiger partial charge in [0.15, 0.2) is 15.8 Å². The minimum atomic E-state index is -3.21. The van der Waals surface area contributed by atoms with Gasteiger partial charge in [-0.1, -0.05) is 24.3 Å². The molecular formula is C22H28IN5O2S. The standard InChI is InChI=1S/C22H27N5O2S.HI/c1-4-23-22(25-16-19-8-11-21(17(2)14-19)30(3,28)29)24-15-18-6-9-20(10-7-18)27-13-5-12-26-27;/h5-14H,4,15-16H2,1-3H3,(H2,23,24,25);1H. The van der Waals surface area contributed by atoms with Crippen LogP contribution in [0.5, 0.6) is 0 Å². The summed E-state index contributed by atoms with van der Waals surface area (Å²) >= 11 is 0. The van der Waals surface area contributed by atoms with Crippen LogP contribution in [0.1, 0.15) is 23.6 Å². The quantitative estimate of drug-likeness (QED) is 0.266. The van der Waals surface area contributed by atoms with E-state index >= 15 is 0 Å². The van der Waals surface area contributed by atoms with Crippen molar-refractivity contribution in [2.75, 3.05) is 12.8 Å². The van der Waals surface area contributed by atoms with Gasteiger partial charge < -0.3 is 10.6 Å². The summed E-state index contributed by atoms with van der Waals surface area (Å²) in [6, 6.07) is 15.4. The Hall–Kier alpha value is -2.40. The summed E-state index contributed by atoms with van der Waals surface area (Å²) in [5, 5.41) is 10.8. The van der Waals surface area contributed by atoms with Crippen molar-refractivity contribution in [1.82, 2.24) is 20.4 Å². The molecule has 0 aliphatic heterocycles. The highest BCUT2D eigenvalue weighted by molar-refractivity contribution is 14.0. The monoisotopic (exact) mass is 553 g/mol. The topological polar surface area (TPSA) is 88.4 Å². The summed E-state index contributed by atoms with van der Waals surface area (Å²) in [5.74, 6) is 0.707. The summed E-state index contributed by atoms with van der Waals surface area (Å²) < 4.78 is 25.4. The van der Waals surface area contributed by atoms with Crippen LogP contribution in [0.4, 0.5) is 0 Å². The SMILES string of the molecule is CCNC(=NCc1ccc(S(C)(=O)=O)c(C)c1)NCc1ccc(-n2cccn2)cc1.I. The zero-order chi connectivity index (χ0) is 21.6. The van der Waals surface area contributed by atoms with Crippen molar-refractivity contribution in [3.05, 3.63) is 77.6 Å². The van der Waals surface area contributed by atoms with Gasteiger partial charge in [0.25, 0.3) is 0 Å². The molecule has 3 rings (SSSR count). The average molecular weight is 553 g/mol. The molecule has 1 aromatic heterocycles. The fourth-order valence-electron chi connectivity index (χ4n) is 3.11. The highest BCUT2D eigenvalue weighted by atomic mass is 127. The molecular weight excluding hydrogens is 525 g/mol. The fraction of sp³-hybridized carbons (Fsp3) is 0.273. The maximum absolute atomic E-state index is 11.8. The molecule has 0 radical (unpaired) electrons. The highest BCUT2D eigenvalue weighted by Gasteiger charge is 2.10. The number of sulfone groups is 1. The van der Waals surface area contributed by atoms with E-state index in [0.29, 0.717) is 23.9 Å². The van der Waals surface area contributed by atoms with Gasteiger partial charge in [0, 0.05) is 31.7 Å². The largest absolute Gasteiger partial charge is 0.357 e. The minimum absolute atomic E-state index is 0. The van der Waals surface area contributed by atoms with E-state index in [1.165, 1.54) is 6.26 Å². The van der Waals surface area contributed by atoms with Gasteiger partial charge in [-0.05, 0) is 54.8 Å². The third-order valence-electron chi connectivity index (χ3n) is 4.57. The number of benzene rings is 2. The predicted molar refractivity (Wildman–Crippen MR) is 135 cm³/mol. The van der Waals surface area contributed by atoms with Gasteiger partial charge in [0.05, 0.1) is 17.1 Å². The van der Waals surface area contributed by atoms with E-state index < -0.39 is 9.84 Å². The number of hydrogen-bond acceptors (Lipinski definition) is 4. The second-order valence-electron chi connectivity index (χ2n) is 7.04. The molecule has 166 valence electrons. The number of halogens is 1. The molecule has 7 nitrogen and oxygen atoms in total. The maximum Gasteiger partial charge on any atom is 0.191 e. The van der Waals surface area contributed by atoms with Crippen LogP contribution < -0.4 is 10.6 Å². The van der Waals surface area contributed by atoms with E-state index in [0.717, 1.165) is 28.9 Å². The number of guanidine groups is 1. The molecule has 0 bridgehead atoms. The Balaban J connectivity index is 0.00000341. The number of aromatic nitrogens is 2. The molecule has 2 aromatic carbocycles. The fourth-order valence-corrected chi connectivity index (χ4v) is 4.07. The Morgan fingerprint density at radius 2 is 1.81 bits per heavy atom. The highest BCUT2D eigenvalue weighted by Crippen LogP contribution is 2.17. The Labute approximate surface area is 200 Å². The van der Waals surface area contributed by atoms with Gasteiger partial charge in [-0.25, -0.2) is 18.1 Å². The first-order valence-corrected chi connectivity index (χ1v) is 11.7. The number of nitrogens with one attached hydrogen (secondary N) is 2. The van der Waals surface area contributed by atoms with Crippen LogP contribution in [-0.2, 0) is 22.9 Å². The summed E-state index contributed by atoms with van der Waals surface area (Å²) in [4.78, 5) is 4.98. The molecule has 9 heteroatoms. The first kappa shape index (κ1) is 24.9. The van der Waals surface area contributed by atoms with Crippen molar-refractivity contribution in [3.63, 3.8) is 0 Å². The molecule has 0 amide bonds. The lowest BCUT2D eigenvalue weighted by Gasteiger charge is -2.12. The third kappa shape index (κ3) is 7.06. The van der Waals surface area contributed by atoms with Crippen LogP contribution in [-0.4, -0.2) is 37.0 Å². The van der Waals surface area contributed by atoms with E-state index in [4.69, 9.17) is 0 Å². The molecule has 31 heavy (non-hydrogen) atoms. The van der Waals surface area contributed by atoms with Crippen molar-refractivity contribution in [3.8, 4) is 5.69 Å². The van der Waals surface area contributed by atoms with Crippen LogP contribution in [0.3, 0.4) is 0 Å². The van der Waals surface area contributed by atoms with Crippen molar-refractivity contribution < 1.29 is 8.42 Å². The van der Waals surface area contributed by atoms with E-state index in [1.807, 2.05) is 48.1 Å². The molecule has 2 N–H and O–H groups in total. The number of nitrogens with zero attached hydrogens (tertiary/aromatic N) is 3. The second kappa shape index (κ2) is 11.3. The Morgan fingerprint density at radius 1 is 1.10 bits per heavy atom. The summed E-state index contributed by atoms with van der Waals surface area (Å²) in [6.45, 7) is 5.66. The Kier molecular flexibility index (Phi) is 9.05. The molecule has 0 aliphatic carbocycles. The van der Waals surface area contributed by atoms with Crippen LogP contribution in [0.25, 0.3) is 5.69 Å². The number of aryl methyl sites for hydroxylation is 1. The van der Waals surface area contributed by atoms with Gasteiger partial charge in [-0.3, -0.25) is 0 Å². The molecule has 0 atom stereocenters. The van der Waals surface area contributed by atoms with Gasteiger partial charge in [0.1, 0.15) is 0 Å². The van der Waals surface area contributed by atoms with E-state index in [-0.39, 0.29) is 24.0 Å². The lowest BCUT2D eigenvalue weighted by Crippen LogP contribution is -2.36. The van der Waals surface area contributed by atoms with Crippen molar-refractivity contribution in [2.45, 2.75) is 31.8 Å². The lowest BCUT2D eigenvalue weighted by molar-refractivity contribution is 0.601. The number of hydrogen-bond donors (Lipinski definition) is 2. The molecule has 3 aromatic rings. The van der Waals surface area contributed by atoms with Gasteiger partial charge in [-0.2, -0.15) is 5.10 Å². The molecule has 0 aliphatic rings. The molecule has 0 saturated heterocycles. The molecule has 1 heterocycles. The maximum atomic E-state index is 11.8. The Morgan fingerprint density at radius 3 is 2.39 bits per heavy atom. The summed E-state index contributed by atoms with van der Waals surface area (Å²) in [6.07, 6.45) is 4.89. The lowest BCUT2D eigenvalue weighted by atomic mass is 10.1. The van der Waals surface area contributed by atoms with Gasteiger partial charge >= 0.3 is 0 Å². The van der Waals surface area contributed by atoms with Crippen LogP contribution in [0.2, 0.25) is 0 Å². The summed E-state index contributed by atoms with van der Waals surface area (Å²) in [5.41, 5.74) is 3.84. The third-order valence-corrected chi connectivity index (χ3v) is 5.83. The van der Waals surface area contributed by atoms with Crippen molar-refractivity contribution in [2.24, 2.45) is 4.99 Å². The van der Waals surface area contributed by atoms with Crippen LogP contribution >= 0.6 is 24.0 Å².